The zero-order chi connectivity index (χ0) is 12.4. The predicted molar refractivity (Wildman–Crippen MR) is 74.2 cm³/mol. The second-order valence-corrected chi connectivity index (χ2v) is 5.41. The molecular weight excluding hydrogens is 346 g/mol. The molecule has 1 aromatic heterocycles. The monoisotopic (exact) mass is 353 g/mol. The molecular formula is C13H9Br2NO. The number of hydrogen-bond acceptors (Lipinski definition) is 2. The molecule has 0 radical (unpaired) electrons. The number of hydrogen-bond donors (Lipinski definition) is 0. The Morgan fingerprint density at radius 3 is 2.59 bits per heavy atom. The summed E-state index contributed by atoms with van der Waals surface area (Å²) in [6.45, 7) is 1.90. The van der Waals surface area contributed by atoms with Crippen LogP contribution in [-0.4, -0.2) is 10.8 Å². The molecule has 0 saturated carbocycles. The van der Waals surface area contributed by atoms with E-state index in [0.717, 1.165) is 14.5 Å². The molecule has 1 heterocycles. The lowest BCUT2D eigenvalue weighted by Gasteiger charge is -2.06. The number of aromatic nitrogens is 1. The van der Waals surface area contributed by atoms with E-state index in [1.807, 2.05) is 25.1 Å². The van der Waals surface area contributed by atoms with Crippen LogP contribution >= 0.6 is 31.9 Å². The number of carbonyl (C=O) groups excluding carboxylic acids is 1. The van der Waals surface area contributed by atoms with Crippen molar-refractivity contribution in [1.29, 1.82) is 0 Å². The van der Waals surface area contributed by atoms with Crippen molar-refractivity contribution in [3.05, 3.63) is 62.3 Å². The third-order valence-electron chi connectivity index (χ3n) is 2.46. The number of nitrogens with zero attached hydrogens (tertiary/aromatic N) is 1. The van der Waals surface area contributed by atoms with E-state index in [-0.39, 0.29) is 5.78 Å². The first kappa shape index (κ1) is 12.5. The highest BCUT2D eigenvalue weighted by Crippen LogP contribution is 2.24. The van der Waals surface area contributed by atoms with Crippen molar-refractivity contribution >= 4 is 37.6 Å². The number of carbonyl (C=O) groups is 1. The van der Waals surface area contributed by atoms with Gasteiger partial charge in [0.15, 0.2) is 5.78 Å². The van der Waals surface area contributed by atoms with Crippen LogP contribution in [0.3, 0.4) is 0 Å². The minimum Gasteiger partial charge on any atom is -0.288 e. The quantitative estimate of drug-likeness (QED) is 0.758. The van der Waals surface area contributed by atoms with Gasteiger partial charge in [0.05, 0.1) is 0 Å². The van der Waals surface area contributed by atoms with Crippen molar-refractivity contribution in [2.75, 3.05) is 0 Å². The van der Waals surface area contributed by atoms with Crippen LogP contribution in [0.15, 0.2) is 45.6 Å². The molecule has 0 N–H and O–H groups in total. The van der Waals surface area contributed by atoms with Crippen LogP contribution in [0, 0.1) is 6.92 Å². The summed E-state index contributed by atoms with van der Waals surface area (Å²) in [5.74, 6) is -0.0185. The van der Waals surface area contributed by atoms with Gasteiger partial charge in [0.1, 0.15) is 0 Å². The van der Waals surface area contributed by atoms with Gasteiger partial charge in [0.25, 0.3) is 0 Å². The van der Waals surface area contributed by atoms with E-state index < -0.39 is 0 Å². The van der Waals surface area contributed by atoms with Crippen LogP contribution in [0.5, 0.6) is 0 Å². The van der Waals surface area contributed by atoms with E-state index >= 15 is 0 Å². The maximum atomic E-state index is 12.3. The van der Waals surface area contributed by atoms with Crippen LogP contribution in [0.2, 0.25) is 0 Å². The highest BCUT2D eigenvalue weighted by Gasteiger charge is 2.14. The molecule has 0 atom stereocenters. The summed E-state index contributed by atoms with van der Waals surface area (Å²) < 4.78 is 1.71. The maximum Gasteiger partial charge on any atom is 0.195 e. The second kappa shape index (κ2) is 5.10. The standard InChI is InChI=1S/C13H9Br2NO/c1-8-4-5-16-7-11(8)13(17)10-3-2-9(14)6-12(10)15/h2-7H,1H3. The lowest BCUT2D eigenvalue weighted by atomic mass is 10.0. The molecule has 86 valence electrons. The van der Waals surface area contributed by atoms with Gasteiger partial charge < -0.3 is 0 Å². The molecule has 2 aromatic rings. The molecule has 0 saturated heterocycles. The molecule has 17 heavy (non-hydrogen) atoms. The Morgan fingerprint density at radius 2 is 1.94 bits per heavy atom. The Bertz CT molecular complexity index is 581. The first-order valence-corrected chi connectivity index (χ1v) is 6.58. The minimum atomic E-state index is -0.0185. The summed E-state index contributed by atoms with van der Waals surface area (Å²) in [5.41, 5.74) is 2.21. The summed E-state index contributed by atoms with van der Waals surface area (Å²) >= 11 is 6.76. The largest absolute Gasteiger partial charge is 0.288 e. The van der Waals surface area contributed by atoms with E-state index in [1.165, 1.54) is 0 Å². The van der Waals surface area contributed by atoms with Crippen LogP contribution in [-0.2, 0) is 0 Å². The number of pyridine rings is 1. The lowest BCUT2D eigenvalue weighted by molar-refractivity contribution is 0.103. The molecule has 0 aliphatic heterocycles. The highest BCUT2D eigenvalue weighted by molar-refractivity contribution is 9.11. The second-order valence-electron chi connectivity index (χ2n) is 3.64. The molecule has 2 rings (SSSR count). The van der Waals surface area contributed by atoms with E-state index in [2.05, 4.69) is 36.8 Å². The van der Waals surface area contributed by atoms with Gasteiger partial charge in [0, 0.05) is 32.5 Å². The van der Waals surface area contributed by atoms with E-state index in [1.54, 1.807) is 18.5 Å². The summed E-state index contributed by atoms with van der Waals surface area (Å²) in [5, 5.41) is 0. The summed E-state index contributed by atoms with van der Waals surface area (Å²) in [4.78, 5) is 16.3. The van der Waals surface area contributed by atoms with E-state index in [4.69, 9.17) is 0 Å². The van der Waals surface area contributed by atoms with Gasteiger partial charge in [-0.3, -0.25) is 9.78 Å². The molecule has 0 amide bonds. The number of aryl methyl sites for hydroxylation is 1. The van der Waals surface area contributed by atoms with Crippen molar-refractivity contribution in [2.45, 2.75) is 6.92 Å². The van der Waals surface area contributed by atoms with Crippen molar-refractivity contribution in [3.8, 4) is 0 Å². The Kier molecular flexibility index (Phi) is 3.74. The third-order valence-corrected chi connectivity index (χ3v) is 3.61. The van der Waals surface area contributed by atoms with Crippen molar-refractivity contribution in [3.63, 3.8) is 0 Å². The van der Waals surface area contributed by atoms with Gasteiger partial charge in [0.2, 0.25) is 0 Å². The van der Waals surface area contributed by atoms with Gasteiger partial charge >= 0.3 is 0 Å². The number of ketones is 1. The summed E-state index contributed by atoms with van der Waals surface area (Å²) in [6.07, 6.45) is 3.29. The fourth-order valence-corrected chi connectivity index (χ4v) is 2.75. The molecule has 0 bridgehead atoms. The van der Waals surface area contributed by atoms with Crippen LogP contribution in [0.4, 0.5) is 0 Å². The fourth-order valence-electron chi connectivity index (χ4n) is 1.52. The summed E-state index contributed by atoms with van der Waals surface area (Å²) in [7, 11) is 0. The van der Waals surface area contributed by atoms with Crippen LogP contribution in [0.1, 0.15) is 21.5 Å². The fraction of sp³-hybridized carbons (Fsp3) is 0.0769. The Hall–Kier alpha value is -1.000. The molecule has 0 fully saturated rings. The number of benzene rings is 1. The average molecular weight is 355 g/mol. The Morgan fingerprint density at radius 1 is 1.18 bits per heavy atom. The molecule has 0 aliphatic rings. The molecule has 2 nitrogen and oxygen atoms in total. The van der Waals surface area contributed by atoms with Crippen LogP contribution in [0.25, 0.3) is 0 Å². The molecule has 0 unspecified atom stereocenters. The average Bonchev–Trinajstić information content (AvgIpc) is 2.29. The first-order valence-electron chi connectivity index (χ1n) is 5.00. The van der Waals surface area contributed by atoms with Crippen molar-refractivity contribution in [1.82, 2.24) is 4.98 Å². The smallest absolute Gasteiger partial charge is 0.195 e. The molecule has 1 aromatic carbocycles. The number of rotatable bonds is 2. The van der Waals surface area contributed by atoms with E-state index in [9.17, 15) is 4.79 Å². The maximum absolute atomic E-state index is 12.3. The Balaban J connectivity index is 2.48. The highest BCUT2D eigenvalue weighted by atomic mass is 79.9. The lowest BCUT2D eigenvalue weighted by Crippen LogP contribution is -2.05. The van der Waals surface area contributed by atoms with Crippen LogP contribution < -0.4 is 0 Å². The van der Waals surface area contributed by atoms with Gasteiger partial charge in [-0.05, 0) is 52.7 Å². The zero-order valence-corrected chi connectivity index (χ0v) is 12.2. The van der Waals surface area contributed by atoms with Gasteiger partial charge in [-0.15, -0.1) is 0 Å². The predicted octanol–water partition coefficient (Wildman–Crippen LogP) is 4.15. The minimum absolute atomic E-state index is 0.0185. The zero-order valence-electron chi connectivity index (χ0n) is 9.08. The van der Waals surface area contributed by atoms with Gasteiger partial charge in [-0.2, -0.15) is 0 Å². The summed E-state index contributed by atoms with van der Waals surface area (Å²) in [6, 6.07) is 7.34. The van der Waals surface area contributed by atoms with Gasteiger partial charge in [-0.1, -0.05) is 15.9 Å². The Labute approximate surface area is 116 Å². The third kappa shape index (κ3) is 2.64. The SMILES string of the molecule is Cc1ccncc1C(=O)c1ccc(Br)cc1Br. The van der Waals surface area contributed by atoms with Gasteiger partial charge in [-0.25, -0.2) is 0 Å². The molecule has 0 aliphatic carbocycles. The molecule has 0 spiro atoms. The van der Waals surface area contributed by atoms with Crippen molar-refractivity contribution in [2.24, 2.45) is 0 Å². The first-order chi connectivity index (χ1) is 8.09. The van der Waals surface area contributed by atoms with E-state index in [0.29, 0.717) is 11.1 Å². The topological polar surface area (TPSA) is 30.0 Å². The molecule has 4 heteroatoms. The number of halogens is 2. The van der Waals surface area contributed by atoms with Crippen molar-refractivity contribution < 1.29 is 4.79 Å². The normalized spacial score (nSPS) is 10.3.